The lowest BCUT2D eigenvalue weighted by Crippen LogP contribution is -2.39. The highest BCUT2D eigenvalue weighted by molar-refractivity contribution is 7.09. The Morgan fingerprint density at radius 3 is 2.55 bits per heavy atom. The molecule has 0 aromatic carbocycles. The molecule has 0 saturated carbocycles. The largest absolute Gasteiger partial charge is 0.401 e. The molecule has 1 aromatic rings. The molecular weight excluding hydrogens is 309 g/mol. The van der Waals surface area contributed by atoms with Crippen molar-refractivity contribution in [1.82, 2.24) is 9.88 Å². The van der Waals surface area contributed by atoms with Crippen molar-refractivity contribution in [2.75, 3.05) is 13.1 Å². The Morgan fingerprint density at radius 2 is 2.05 bits per heavy atom. The number of nitrogens with zero attached hydrogens (tertiary/aromatic N) is 2. The van der Waals surface area contributed by atoms with Gasteiger partial charge in [0.15, 0.2) is 0 Å². The monoisotopic (exact) mass is 328 g/mol. The van der Waals surface area contributed by atoms with Crippen molar-refractivity contribution in [2.24, 2.45) is 0 Å². The van der Waals surface area contributed by atoms with Crippen LogP contribution in [0.5, 0.6) is 0 Å². The van der Waals surface area contributed by atoms with E-state index in [0.717, 1.165) is 30.0 Å². The zero-order valence-electron chi connectivity index (χ0n) is 11.7. The maximum absolute atomic E-state index is 12.4. The molecule has 7 heteroatoms. The summed E-state index contributed by atoms with van der Waals surface area (Å²) in [5, 5.41) is 2.93. The van der Waals surface area contributed by atoms with E-state index < -0.39 is 12.7 Å². The van der Waals surface area contributed by atoms with E-state index in [-0.39, 0.29) is 6.04 Å². The van der Waals surface area contributed by atoms with Crippen molar-refractivity contribution in [2.45, 2.75) is 51.2 Å². The van der Waals surface area contributed by atoms with Crippen molar-refractivity contribution < 1.29 is 13.2 Å². The standard InChI is InChI=1S/C13H20ClF3N2S/c1-10(2)19(9-13(15,16)17)6-4-3-5-12-18-11(7-14)8-20-12/h8,10H,3-7,9H2,1-2H3. The van der Waals surface area contributed by atoms with Crippen LogP contribution in [0, 0.1) is 0 Å². The number of aryl methyl sites for hydroxylation is 1. The Bertz CT molecular complexity index is 393. The van der Waals surface area contributed by atoms with Gasteiger partial charge < -0.3 is 0 Å². The Balaban J connectivity index is 2.30. The average Bonchev–Trinajstić information content (AvgIpc) is 2.79. The van der Waals surface area contributed by atoms with Crippen LogP contribution in [0.15, 0.2) is 5.38 Å². The minimum atomic E-state index is -4.13. The van der Waals surface area contributed by atoms with E-state index in [1.165, 1.54) is 4.90 Å². The highest BCUT2D eigenvalue weighted by Crippen LogP contribution is 2.19. The first kappa shape index (κ1) is 17.7. The second kappa shape index (κ2) is 8.20. The summed E-state index contributed by atoms with van der Waals surface area (Å²) in [6, 6.07) is -0.0978. The fourth-order valence-corrected chi connectivity index (χ4v) is 2.94. The van der Waals surface area contributed by atoms with Gasteiger partial charge in [-0.3, -0.25) is 4.90 Å². The minimum Gasteiger partial charge on any atom is -0.293 e. The summed E-state index contributed by atoms with van der Waals surface area (Å²) in [4.78, 5) is 5.80. The van der Waals surface area contributed by atoms with Crippen molar-refractivity contribution in [3.63, 3.8) is 0 Å². The Kier molecular flexibility index (Phi) is 7.26. The Morgan fingerprint density at radius 1 is 1.35 bits per heavy atom. The smallest absolute Gasteiger partial charge is 0.293 e. The van der Waals surface area contributed by atoms with Gasteiger partial charge in [0, 0.05) is 11.4 Å². The van der Waals surface area contributed by atoms with Crippen molar-refractivity contribution in [3.05, 3.63) is 16.1 Å². The second-order valence-electron chi connectivity index (χ2n) is 5.00. The maximum Gasteiger partial charge on any atom is 0.401 e. The van der Waals surface area contributed by atoms with E-state index in [0.29, 0.717) is 12.4 Å². The van der Waals surface area contributed by atoms with E-state index >= 15 is 0 Å². The maximum atomic E-state index is 12.4. The first-order valence-electron chi connectivity index (χ1n) is 6.62. The van der Waals surface area contributed by atoms with E-state index in [1.54, 1.807) is 25.2 Å². The van der Waals surface area contributed by atoms with Gasteiger partial charge >= 0.3 is 6.18 Å². The molecule has 0 amide bonds. The quantitative estimate of drug-likeness (QED) is 0.517. The van der Waals surface area contributed by atoms with Gasteiger partial charge in [-0.1, -0.05) is 0 Å². The Labute approximate surface area is 127 Å². The molecule has 0 aliphatic rings. The van der Waals surface area contributed by atoms with Crippen LogP contribution in [0.2, 0.25) is 0 Å². The fourth-order valence-electron chi connectivity index (χ4n) is 1.87. The molecule has 1 rings (SSSR count). The molecule has 0 saturated heterocycles. The van der Waals surface area contributed by atoms with E-state index in [2.05, 4.69) is 4.98 Å². The number of thiazole rings is 1. The lowest BCUT2D eigenvalue weighted by atomic mass is 10.2. The molecule has 0 atom stereocenters. The van der Waals surface area contributed by atoms with Gasteiger partial charge in [-0.2, -0.15) is 13.2 Å². The number of hydrogen-bond donors (Lipinski definition) is 0. The number of rotatable bonds is 8. The summed E-state index contributed by atoms with van der Waals surface area (Å²) in [5.41, 5.74) is 0.868. The topological polar surface area (TPSA) is 16.1 Å². The molecule has 0 aliphatic carbocycles. The Hall–Kier alpha value is -0.330. The van der Waals surface area contributed by atoms with Crippen LogP contribution in [0.3, 0.4) is 0 Å². The normalized spacial score (nSPS) is 12.6. The number of alkyl halides is 4. The van der Waals surface area contributed by atoms with Crippen LogP contribution in [0.1, 0.15) is 37.4 Å². The molecule has 116 valence electrons. The zero-order chi connectivity index (χ0) is 15.2. The van der Waals surface area contributed by atoms with Crippen LogP contribution in [0.4, 0.5) is 13.2 Å². The number of hydrogen-bond acceptors (Lipinski definition) is 3. The SMILES string of the molecule is CC(C)N(CCCCc1nc(CCl)cs1)CC(F)(F)F. The molecule has 0 bridgehead atoms. The van der Waals surface area contributed by atoms with Gasteiger partial charge in [-0.25, -0.2) is 4.98 Å². The van der Waals surface area contributed by atoms with Gasteiger partial charge in [-0.05, 0) is 39.7 Å². The van der Waals surface area contributed by atoms with Gasteiger partial charge in [0.05, 0.1) is 23.1 Å². The van der Waals surface area contributed by atoms with Gasteiger partial charge in [-0.15, -0.1) is 22.9 Å². The minimum absolute atomic E-state index is 0.0978. The summed E-state index contributed by atoms with van der Waals surface area (Å²) in [7, 11) is 0. The molecule has 0 unspecified atom stereocenters. The van der Waals surface area contributed by atoms with Crippen LogP contribution in [-0.2, 0) is 12.3 Å². The highest BCUT2D eigenvalue weighted by Gasteiger charge is 2.31. The van der Waals surface area contributed by atoms with Crippen LogP contribution in [-0.4, -0.2) is 35.2 Å². The molecule has 1 aromatic heterocycles. The lowest BCUT2D eigenvalue weighted by Gasteiger charge is -2.27. The van der Waals surface area contributed by atoms with E-state index in [4.69, 9.17) is 11.6 Å². The molecule has 0 spiro atoms. The molecule has 0 radical (unpaired) electrons. The lowest BCUT2D eigenvalue weighted by molar-refractivity contribution is -0.149. The first-order chi connectivity index (χ1) is 9.31. The van der Waals surface area contributed by atoms with Gasteiger partial charge in [0.1, 0.15) is 0 Å². The van der Waals surface area contributed by atoms with Crippen molar-refractivity contribution >= 4 is 22.9 Å². The van der Waals surface area contributed by atoms with Gasteiger partial charge in [0.25, 0.3) is 0 Å². The van der Waals surface area contributed by atoms with E-state index in [9.17, 15) is 13.2 Å². The van der Waals surface area contributed by atoms with Gasteiger partial charge in [0.2, 0.25) is 0 Å². The number of halogens is 4. The third-order valence-corrected chi connectivity index (χ3v) is 4.17. The highest BCUT2D eigenvalue weighted by atomic mass is 35.5. The van der Waals surface area contributed by atoms with Crippen LogP contribution in [0.25, 0.3) is 0 Å². The number of unbranched alkanes of at least 4 members (excludes halogenated alkanes) is 1. The first-order valence-corrected chi connectivity index (χ1v) is 8.03. The summed E-state index contributed by atoms with van der Waals surface area (Å²) >= 11 is 7.23. The number of aromatic nitrogens is 1. The predicted molar refractivity (Wildman–Crippen MR) is 77.4 cm³/mol. The summed E-state index contributed by atoms with van der Waals surface area (Å²) in [6.45, 7) is 3.21. The summed E-state index contributed by atoms with van der Waals surface area (Å²) in [6.07, 6.45) is -1.74. The summed E-state index contributed by atoms with van der Waals surface area (Å²) in [5.74, 6) is 0.406. The van der Waals surface area contributed by atoms with Crippen LogP contribution < -0.4 is 0 Å². The molecule has 20 heavy (non-hydrogen) atoms. The molecule has 1 heterocycles. The molecular formula is C13H20ClF3N2S. The predicted octanol–water partition coefficient (Wildman–Crippen LogP) is 4.48. The van der Waals surface area contributed by atoms with E-state index in [1.807, 2.05) is 5.38 Å². The van der Waals surface area contributed by atoms with Crippen LogP contribution >= 0.6 is 22.9 Å². The zero-order valence-corrected chi connectivity index (χ0v) is 13.3. The molecule has 0 aliphatic heterocycles. The molecule has 2 nitrogen and oxygen atoms in total. The molecule has 0 N–H and O–H groups in total. The average molecular weight is 329 g/mol. The fraction of sp³-hybridized carbons (Fsp3) is 0.769. The third kappa shape index (κ3) is 6.90. The third-order valence-electron chi connectivity index (χ3n) is 2.93. The van der Waals surface area contributed by atoms with Crippen molar-refractivity contribution in [1.29, 1.82) is 0 Å². The molecule has 0 fully saturated rings. The summed E-state index contributed by atoms with van der Waals surface area (Å²) < 4.78 is 37.3. The van der Waals surface area contributed by atoms with Crippen molar-refractivity contribution in [3.8, 4) is 0 Å². The second-order valence-corrected chi connectivity index (χ2v) is 6.21.